The maximum Gasteiger partial charge on any atom is -0.0105 e. The first-order chi connectivity index (χ1) is 18.2. The van der Waals surface area contributed by atoms with Crippen LogP contribution in [0.15, 0.2) is 146 Å². The first-order valence-electron chi connectivity index (χ1n) is 12.7. The van der Waals surface area contributed by atoms with Crippen molar-refractivity contribution in [2.45, 2.75) is 6.92 Å². The van der Waals surface area contributed by atoms with Crippen molar-refractivity contribution in [3.05, 3.63) is 152 Å². The van der Waals surface area contributed by atoms with Crippen LogP contribution in [0.5, 0.6) is 0 Å². The van der Waals surface area contributed by atoms with Crippen LogP contribution in [0.25, 0.3) is 60.9 Å². The molecule has 0 aliphatic carbocycles. The molecule has 6 aromatic carbocycles. The van der Waals surface area contributed by atoms with E-state index in [-0.39, 0.29) is 0 Å². The van der Waals surface area contributed by atoms with Gasteiger partial charge in [-0.25, -0.2) is 0 Å². The molecule has 0 heterocycles. The van der Waals surface area contributed by atoms with Crippen molar-refractivity contribution in [1.29, 1.82) is 0 Å². The highest BCUT2D eigenvalue weighted by Crippen LogP contribution is 2.37. The van der Waals surface area contributed by atoms with Crippen molar-refractivity contribution in [3.63, 3.8) is 0 Å². The summed E-state index contributed by atoms with van der Waals surface area (Å²) < 4.78 is 0. The lowest BCUT2D eigenvalue weighted by Crippen LogP contribution is -1.88. The lowest BCUT2D eigenvalue weighted by atomic mass is 9.90. The number of rotatable bonds is 5. The van der Waals surface area contributed by atoms with Gasteiger partial charge in [-0.3, -0.25) is 0 Å². The zero-order valence-corrected chi connectivity index (χ0v) is 21.0. The van der Waals surface area contributed by atoms with Gasteiger partial charge >= 0.3 is 0 Å². The van der Waals surface area contributed by atoms with Crippen LogP contribution in [-0.2, 0) is 0 Å². The highest BCUT2D eigenvalue weighted by atomic mass is 14.1. The maximum absolute atomic E-state index is 4.12. The van der Waals surface area contributed by atoms with Crippen molar-refractivity contribution >= 4 is 16.3 Å². The molecule has 0 amide bonds. The largest absolute Gasteiger partial charge is 0.0955 e. The van der Waals surface area contributed by atoms with Gasteiger partial charge in [-0.2, -0.15) is 0 Å². The van der Waals surface area contributed by atoms with E-state index in [0.29, 0.717) is 0 Å². The summed E-state index contributed by atoms with van der Waals surface area (Å²) >= 11 is 0. The summed E-state index contributed by atoms with van der Waals surface area (Å²) in [7, 11) is 0. The molecule has 0 unspecified atom stereocenters. The minimum absolute atomic E-state index is 1.08. The third kappa shape index (κ3) is 4.62. The minimum atomic E-state index is 1.08. The molecular weight excluding hydrogens is 444 g/mol. The van der Waals surface area contributed by atoms with Gasteiger partial charge < -0.3 is 0 Å². The van der Waals surface area contributed by atoms with E-state index in [2.05, 4.69) is 153 Å². The Balaban J connectivity index is 1.53. The van der Waals surface area contributed by atoms with Gasteiger partial charge in [0, 0.05) is 0 Å². The first-order valence-corrected chi connectivity index (χ1v) is 12.7. The van der Waals surface area contributed by atoms with Gasteiger partial charge in [-0.1, -0.05) is 121 Å². The van der Waals surface area contributed by atoms with Crippen molar-refractivity contribution in [3.8, 4) is 44.5 Å². The number of allylic oxidation sites excluding steroid dienone is 1. The Morgan fingerprint density at radius 2 is 0.946 bits per heavy atom. The summed E-state index contributed by atoms with van der Waals surface area (Å²) in [5.74, 6) is 0. The summed E-state index contributed by atoms with van der Waals surface area (Å²) in [6, 6.07) is 50.3. The van der Waals surface area contributed by atoms with Crippen molar-refractivity contribution < 1.29 is 0 Å². The smallest absolute Gasteiger partial charge is 0.0105 e. The van der Waals surface area contributed by atoms with E-state index in [0.717, 1.165) is 5.57 Å². The molecule has 0 bridgehead atoms. The lowest BCUT2D eigenvalue weighted by Gasteiger charge is -2.14. The van der Waals surface area contributed by atoms with Crippen LogP contribution in [0.4, 0.5) is 0 Å². The van der Waals surface area contributed by atoms with Gasteiger partial charge in [0.1, 0.15) is 0 Å². The second kappa shape index (κ2) is 9.76. The van der Waals surface area contributed by atoms with Crippen LogP contribution in [0.1, 0.15) is 12.5 Å². The van der Waals surface area contributed by atoms with E-state index in [4.69, 9.17) is 0 Å². The summed E-state index contributed by atoms with van der Waals surface area (Å²) in [6.45, 7) is 6.18. The lowest BCUT2D eigenvalue weighted by molar-refractivity contribution is 1.54. The topological polar surface area (TPSA) is 0 Å². The average Bonchev–Trinajstić information content (AvgIpc) is 2.97. The normalized spacial score (nSPS) is 10.9. The van der Waals surface area contributed by atoms with Gasteiger partial charge in [-0.05, 0) is 98.1 Å². The van der Waals surface area contributed by atoms with Crippen molar-refractivity contribution in [1.82, 2.24) is 0 Å². The van der Waals surface area contributed by atoms with Crippen LogP contribution in [0, 0.1) is 0 Å². The molecular formula is C37H28. The maximum atomic E-state index is 4.12. The second-order valence-corrected chi connectivity index (χ2v) is 9.63. The Kier molecular flexibility index (Phi) is 6.00. The van der Waals surface area contributed by atoms with Crippen LogP contribution < -0.4 is 0 Å². The third-order valence-electron chi connectivity index (χ3n) is 7.03. The van der Waals surface area contributed by atoms with E-state index in [1.807, 2.05) is 0 Å². The van der Waals surface area contributed by atoms with Crippen LogP contribution in [0.3, 0.4) is 0 Å². The summed E-state index contributed by atoms with van der Waals surface area (Å²) in [5.41, 5.74) is 12.0. The van der Waals surface area contributed by atoms with E-state index in [1.54, 1.807) is 0 Å². The first kappa shape index (κ1) is 22.8. The number of hydrogen-bond acceptors (Lipinski definition) is 0. The molecule has 0 radical (unpaired) electrons. The third-order valence-corrected chi connectivity index (χ3v) is 7.03. The predicted octanol–water partition coefficient (Wildman–Crippen LogP) is 10.5. The van der Waals surface area contributed by atoms with Gasteiger partial charge in [0.15, 0.2) is 0 Å². The van der Waals surface area contributed by atoms with Gasteiger partial charge in [0.05, 0.1) is 0 Å². The van der Waals surface area contributed by atoms with Gasteiger partial charge in [0.25, 0.3) is 0 Å². The molecule has 0 fully saturated rings. The predicted molar refractivity (Wildman–Crippen MR) is 160 cm³/mol. The zero-order valence-electron chi connectivity index (χ0n) is 21.0. The molecule has 37 heavy (non-hydrogen) atoms. The van der Waals surface area contributed by atoms with Crippen LogP contribution >= 0.6 is 0 Å². The molecule has 0 aliphatic heterocycles. The Morgan fingerprint density at radius 3 is 1.73 bits per heavy atom. The molecule has 0 aliphatic rings. The average molecular weight is 473 g/mol. The van der Waals surface area contributed by atoms with E-state index < -0.39 is 0 Å². The standard InChI is InChI=1S/C37H28/c1-26(2)29-15-8-16-30(21-29)31-17-9-18-32(22-31)34-23-33(27-11-4-3-5-12-27)24-35(25-34)37-20-10-14-28-13-6-7-19-36(28)37/h3-25H,1H2,2H3. The molecule has 0 aromatic heterocycles. The minimum Gasteiger partial charge on any atom is -0.0955 e. The molecule has 0 saturated carbocycles. The van der Waals surface area contributed by atoms with Crippen molar-refractivity contribution in [2.75, 3.05) is 0 Å². The highest BCUT2D eigenvalue weighted by Gasteiger charge is 2.11. The second-order valence-electron chi connectivity index (χ2n) is 9.63. The fourth-order valence-electron chi connectivity index (χ4n) is 5.07. The molecule has 0 saturated heterocycles. The molecule has 6 rings (SSSR count). The fourth-order valence-corrected chi connectivity index (χ4v) is 5.07. The Morgan fingerprint density at radius 1 is 0.432 bits per heavy atom. The Hall–Kier alpha value is -4.68. The summed E-state index contributed by atoms with van der Waals surface area (Å²) in [6.07, 6.45) is 0. The summed E-state index contributed by atoms with van der Waals surface area (Å²) in [5, 5.41) is 2.53. The van der Waals surface area contributed by atoms with Gasteiger partial charge in [0.2, 0.25) is 0 Å². The number of fused-ring (bicyclic) bond motifs is 1. The monoisotopic (exact) mass is 472 g/mol. The van der Waals surface area contributed by atoms with E-state index in [9.17, 15) is 0 Å². The van der Waals surface area contributed by atoms with Crippen LogP contribution in [0.2, 0.25) is 0 Å². The molecule has 0 atom stereocenters. The molecule has 0 nitrogen and oxygen atoms in total. The zero-order chi connectivity index (χ0) is 25.2. The quantitative estimate of drug-likeness (QED) is 0.234. The fraction of sp³-hybridized carbons (Fsp3) is 0.0270. The van der Waals surface area contributed by atoms with Crippen molar-refractivity contribution in [2.24, 2.45) is 0 Å². The molecule has 6 aromatic rings. The Labute approximate surface area is 219 Å². The molecule has 0 spiro atoms. The summed E-state index contributed by atoms with van der Waals surface area (Å²) in [4.78, 5) is 0. The number of benzene rings is 6. The van der Waals surface area contributed by atoms with E-state index >= 15 is 0 Å². The number of hydrogen-bond donors (Lipinski definition) is 0. The Bertz CT molecular complexity index is 1730. The SMILES string of the molecule is C=C(C)c1cccc(-c2cccc(-c3cc(-c4ccccc4)cc(-c4cccc5ccccc45)c3)c2)c1. The molecule has 176 valence electrons. The van der Waals surface area contributed by atoms with E-state index in [1.165, 1.54) is 60.8 Å². The molecule has 0 N–H and O–H groups in total. The molecule has 0 heteroatoms. The van der Waals surface area contributed by atoms with Gasteiger partial charge in [-0.15, -0.1) is 0 Å². The highest BCUT2D eigenvalue weighted by molar-refractivity contribution is 5.98. The van der Waals surface area contributed by atoms with Crippen LogP contribution in [-0.4, -0.2) is 0 Å².